The van der Waals surface area contributed by atoms with Crippen molar-refractivity contribution in [3.05, 3.63) is 17.5 Å². The van der Waals surface area contributed by atoms with E-state index in [4.69, 9.17) is 9.26 Å². The smallest absolute Gasteiger partial charge is 0.274 e. The van der Waals surface area contributed by atoms with Gasteiger partial charge in [-0.1, -0.05) is 19.0 Å². The molecular formula is C14H22N2O4. The standard InChI is InChI=1S/C14H22N2O4/c1-5-19-11-7-14(8-17,13(11,3)4)15-12(18)10-6-9(2)20-16-10/h6,11,17H,5,7-8H2,1-4H3,(H,15,18). The molecule has 0 spiro atoms. The van der Waals surface area contributed by atoms with Crippen LogP contribution in [0.2, 0.25) is 0 Å². The normalized spacial score (nSPS) is 27.9. The number of aromatic nitrogens is 1. The number of aliphatic hydroxyl groups is 1. The van der Waals surface area contributed by atoms with E-state index in [1.54, 1.807) is 13.0 Å². The van der Waals surface area contributed by atoms with E-state index in [1.807, 2.05) is 20.8 Å². The predicted octanol–water partition coefficient (Wildman–Crippen LogP) is 1.28. The lowest BCUT2D eigenvalue weighted by molar-refractivity contribution is -0.172. The molecule has 1 aliphatic rings. The highest BCUT2D eigenvalue weighted by Crippen LogP contribution is 2.51. The highest BCUT2D eigenvalue weighted by molar-refractivity contribution is 5.93. The number of rotatable bonds is 5. The summed E-state index contributed by atoms with van der Waals surface area (Å²) < 4.78 is 10.5. The monoisotopic (exact) mass is 282 g/mol. The van der Waals surface area contributed by atoms with Gasteiger partial charge in [0, 0.05) is 24.5 Å². The maximum absolute atomic E-state index is 12.2. The number of ether oxygens (including phenoxy) is 1. The van der Waals surface area contributed by atoms with Gasteiger partial charge in [-0.25, -0.2) is 0 Å². The maximum atomic E-state index is 12.2. The van der Waals surface area contributed by atoms with Crippen molar-refractivity contribution >= 4 is 5.91 Å². The van der Waals surface area contributed by atoms with Crippen LogP contribution in [-0.2, 0) is 4.74 Å². The van der Waals surface area contributed by atoms with Gasteiger partial charge in [0.1, 0.15) is 5.76 Å². The number of aliphatic hydroxyl groups excluding tert-OH is 1. The van der Waals surface area contributed by atoms with Gasteiger partial charge in [0.05, 0.1) is 18.2 Å². The summed E-state index contributed by atoms with van der Waals surface area (Å²) in [5.74, 6) is 0.243. The zero-order chi connectivity index (χ0) is 15.0. The van der Waals surface area contributed by atoms with Gasteiger partial charge >= 0.3 is 0 Å². The van der Waals surface area contributed by atoms with E-state index in [9.17, 15) is 9.90 Å². The summed E-state index contributed by atoms with van der Waals surface area (Å²) in [6.45, 7) is 8.12. The Bertz CT molecular complexity index is 497. The molecule has 0 bridgehead atoms. The van der Waals surface area contributed by atoms with Gasteiger partial charge in [-0.05, 0) is 13.8 Å². The molecule has 1 heterocycles. The molecule has 0 saturated heterocycles. The lowest BCUT2D eigenvalue weighted by Crippen LogP contribution is -2.74. The Labute approximate surface area is 118 Å². The van der Waals surface area contributed by atoms with Crippen molar-refractivity contribution in [2.24, 2.45) is 5.41 Å². The first-order valence-corrected chi connectivity index (χ1v) is 6.84. The minimum Gasteiger partial charge on any atom is -0.394 e. The number of hydrogen-bond donors (Lipinski definition) is 2. The Kier molecular flexibility index (Phi) is 3.88. The van der Waals surface area contributed by atoms with Crippen LogP contribution in [0.3, 0.4) is 0 Å². The van der Waals surface area contributed by atoms with Crippen molar-refractivity contribution in [2.75, 3.05) is 13.2 Å². The fraction of sp³-hybridized carbons (Fsp3) is 0.714. The molecule has 1 aromatic rings. The van der Waals surface area contributed by atoms with Crippen LogP contribution in [0.5, 0.6) is 0 Å². The van der Waals surface area contributed by atoms with Gasteiger partial charge in [-0.2, -0.15) is 0 Å². The largest absolute Gasteiger partial charge is 0.394 e. The SMILES string of the molecule is CCOC1CC(CO)(NC(=O)c2cc(C)on2)C1(C)C. The second kappa shape index (κ2) is 5.18. The van der Waals surface area contributed by atoms with Gasteiger partial charge in [-0.15, -0.1) is 0 Å². The van der Waals surface area contributed by atoms with E-state index in [0.29, 0.717) is 18.8 Å². The molecule has 112 valence electrons. The molecule has 0 aromatic carbocycles. The highest BCUT2D eigenvalue weighted by Gasteiger charge is 2.61. The molecule has 6 nitrogen and oxygen atoms in total. The predicted molar refractivity (Wildman–Crippen MR) is 72.3 cm³/mol. The molecule has 1 saturated carbocycles. The van der Waals surface area contributed by atoms with E-state index in [0.717, 1.165) is 0 Å². The second-order valence-corrected chi connectivity index (χ2v) is 5.89. The fourth-order valence-electron chi connectivity index (χ4n) is 2.75. The molecular weight excluding hydrogens is 260 g/mol. The van der Waals surface area contributed by atoms with Crippen molar-refractivity contribution in [3.63, 3.8) is 0 Å². The quantitative estimate of drug-likeness (QED) is 0.849. The van der Waals surface area contributed by atoms with Gasteiger partial charge in [0.25, 0.3) is 5.91 Å². The summed E-state index contributed by atoms with van der Waals surface area (Å²) in [6, 6.07) is 1.58. The van der Waals surface area contributed by atoms with E-state index < -0.39 is 5.54 Å². The molecule has 0 radical (unpaired) electrons. The van der Waals surface area contributed by atoms with Crippen molar-refractivity contribution in [2.45, 2.75) is 45.8 Å². The van der Waals surface area contributed by atoms with Crippen LogP contribution >= 0.6 is 0 Å². The zero-order valence-corrected chi connectivity index (χ0v) is 12.4. The maximum Gasteiger partial charge on any atom is 0.274 e. The molecule has 20 heavy (non-hydrogen) atoms. The number of carbonyl (C=O) groups is 1. The van der Waals surface area contributed by atoms with E-state index in [-0.39, 0.29) is 29.7 Å². The first-order valence-electron chi connectivity index (χ1n) is 6.84. The Morgan fingerprint density at radius 1 is 1.65 bits per heavy atom. The molecule has 2 unspecified atom stereocenters. The molecule has 1 fully saturated rings. The van der Waals surface area contributed by atoms with Crippen LogP contribution < -0.4 is 5.32 Å². The van der Waals surface area contributed by atoms with Gasteiger partial charge < -0.3 is 19.7 Å². The lowest BCUT2D eigenvalue weighted by atomic mass is 9.54. The average molecular weight is 282 g/mol. The third-order valence-corrected chi connectivity index (χ3v) is 4.42. The van der Waals surface area contributed by atoms with E-state index >= 15 is 0 Å². The highest BCUT2D eigenvalue weighted by atomic mass is 16.5. The summed E-state index contributed by atoms with van der Waals surface area (Å²) in [5, 5.41) is 16.3. The van der Waals surface area contributed by atoms with Gasteiger partial charge in [0.2, 0.25) is 0 Å². The lowest BCUT2D eigenvalue weighted by Gasteiger charge is -2.60. The van der Waals surface area contributed by atoms with E-state index in [2.05, 4.69) is 10.5 Å². The molecule has 2 rings (SSSR count). The van der Waals surface area contributed by atoms with Crippen LogP contribution in [0, 0.1) is 12.3 Å². The Balaban J connectivity index is 2.12. The topological polar surface area (TPSA) is 84.6 Å². The van der Waals surface area contributed by atoms with Crippen LogP contribution in [0.1, 0.15) is 43.4 Å². The number of hydrogen-bond acceptors (Lipinski definition) is 5. The zero-order valence-electron chi connectivity index (χ0n) is 12.4. The van der Waals surface area contributed by atoms with Crippen molar-refractivity contribution in [1.29, 1.82) is 0 Å². The number of nitrogens with one attached hydrogen (secondary N) is 1. The van der Waals surface area contributed by atoms with Crippen molar-refractivity contribution in [3.8, 4) is 0 Å². The molecule has 1 amide bonds. The summed E-state index contributed by atoms with van der Waals surface area (Å²) in [4.78, 5) is 12.2. The molecule has 0 aliphatic heterocycles. The Morgan fingerprint density at radius 3 is 2.80 bits per heavy atom. The third kappa shape index (κ3) is 2.23. The van der Waals surface area contributed by atoms with Crippen molar-refractivity contribution in [1.82, 2.24) is 10.5 Å². The average Bonchev–Trinajstić information content (AvgIpc) is 2.83. The van der Waals surface area contributed by atoms with Crippen LogP contribution in [0.4, 0.5) is 0 Å². The Hall–Kier alpha value is -1.40. The summed E-state index contributed by atoms with van der Waals surface area (Å²) in [5.41, 5.74) is -0.797. The number of aryl methyl sites for hydroxylation is 1. The summed E-state index contributed by atoms with van der Waals surface area (Å²) in [7, 11) is 0. The number of amides is 1. The first kappa shape index (κ1) is 15.0. The first-order chi connectivity index (χ1) is 9.36. The summed E-state index contributed by atoms with van der Waals surface area (Å²) in [6.07, 6.45) is 0.617. The number of carbonyl (C=O) groups excluding carboxylic acids is 1. The molecule has 1 aromatic heterocycles. The minimum absolute atomic E-state index is 0.0268. The third-order valence-electron chi connectivity index (χ3n) is 4.42. The summed E-state index contributed by atoms with van der Waals surface area (Å²) >= 11 is 0. The van der Waals surface area contributed by atoms with Crippen LogP contribution in [0.15, 0.2) is 10.6 Å². The molecule has 2 N–H and O–H groups in total. The minimum atomic E-state index is -0.684. The fourth-order valence-corrected chi connectivity index (χ4v) is 2.75. The van der Waals surface area contributed by atoms with Gasteiger partial charge in [-0.3, -0.25) is 4.79 Å². The molecule has 1 aliphatic carbocycles. The van der Waals surface area contributed by atoms with E-state index in [1.165, 1.54) is 0 Å². The van der Waals surface area contributed by atoms with Crippen LogP contribution in [-0.4, -0.2) is 41.0 Å². The Morgan fingerprint density at radius 2 is 2.35 bits per heavy atom. The van der Waals surface area contributed by atoms with Crippen molar-refractivity contribution < 1.29 is 19.2 Å². The van der Waals surface area contributed by atoms with Gasteiger partial charge in [0.15, 0.2) is 5.69 Å². The number of nitrogens with zero attached hydrogens (tertiary/aromatic N) is 1. The molecule has 2 atom stereocenters. The van der Waals surface area contributed by atoms with Crippen LogP contribution in [0.25, 0.3) is 0 Å². The molecule has 6 heteroatoms. The second-order valence-electron chi connectivity index (χ2n) is 5.89.